The number of aryl methyl sites for hydroxylation is 9. The van der Waals surface area contributed by atoms with Crippen molar-refractivity contribution in [2.24, 2.45) is 0 Å². The van der Waals surface area contributed by atoms with Crippen LogP contribution in [0.15, 0.2) is 140 Å². The summed E-state index contributed by atoms with van der Waals surface area (Å²) >= 11 is 1.27. The van der Waals surface area contributed by atoms with E-state index in [-0.39, 0.29) is 143 Å². The summed E-state index contributed by atoms with van der Waals surface area (Å²) in [6.07, 6.45) is 7.53. The molecule has 7 heterocycles. The SMILES string of the molecule is C1CCOC1.COC(=O)COc1cc(C)c(S(=O)(=O)n2c(S(=O)Cc3ncc(C)c(OC)c3C)nc3cc(OC)ccc32)c(C)c1.COC(=O)COc1cc(C)c(S(=O)(=O)n2c(SCc3ncc(C)c(OC)c3C)nc3cc(OC)ccc32)c(C)c1.COc1ccc2c(c1)nc(S(=O)Cc1ncc(C)c(OC)c1C)n2S(=O)(=O)c1c(C)cc(OCC(=O)O)cc1C.[H-].[Na+].[Na+].[OH-]. The van der Waals surface area contributed by atoms with Crippen LogP contribution in [0.3, 0.4) is 0 Å². The predicted molar refractivity (Wildman–Crippen MR) is 476 cm³/mol. The molecule has 2 atom stereocenters. The van der Waals surface area contributed by atoms with E-state index in [2.05, 4.69) is 39.4 Å². The van der Waals surface area contributed by atoms with Crippen molar-refractivity contribution in [2.45, 2.75) is 143 Å². The molecule has 6 aromatic heterocycles. The molecule has 0 aliphatic carbocycles. The number of methoxy groups -OCH3 is 8. The molecule has 2 unspecified atom stereocenters. The third kappa shape index (κ3) is 24.1. The van der Waals surface area contributed by atoms with E-state index in [1.165, 1.54) is 88.4 Å². The maximum absolute atomic E-state index is 14.3. The maximum Gasteiger partial charge on any atom is 1.00 e. The van der Waals surface area contributed by atoms with E-state index in [4.69, 9.17) is 52.5 Å². The molecule has 0 amide bonds. The number of hydrogen-bond acceptors (Lipinski definition) is 31. The summed E-state index contributed by atoms with van der Waals surface area (Å²) in [5.41, 5.74) is 10.9. The smallest absolute Gasteiger partial charge is 1.00 e. The summed E-state index contributed by atoms with van der Waals surface area (Å²) in [6.45, 7) is 21.8. The fourth-order valence-electron chi connectivity index (χ4n) is 14.2. The van der Waals surface area contributed by atoms with Crippen molar-refractivity contribution in [3.8, 4) is 51.7 Å². The molecular formula is C87H101N9Na2O25S6. The molecule has 0 saturated carbocycles. The van der Waals surface area contributed by atoms with Gasteiger partial charge in [-0.25, -0.2) is 66.5 Å². The zero-order valence-electron chi connectivity index (χ0n) is 76.7. The average Bonchev–Trinajstić information content (AvgIpc) is 1.48. The summed E-state index contributed by atoms with van der Waals surface area (Å²) in [6, 6.07) is 23.7. The van der Waals surface area contributed by atoms with Gasteiger partial charge in [0, 0.05) is 89.1 Å². The van der Waals surface area contributed by atoms with E-state index >= 15 is 0 Å². The molecule has 0 bridgehead atoms. The monoisotopic (exact) mass is 1910 g/mol. The van der Waals surface area contributed by atoms with Gasteiger partial charge >= 0.3 is 77.0 Å². The quantitative estimate of drug-likeness (QED) is 0.0269. The minimum Gasteiger partial charge on any atom is -1.00 e. The van der Waals surface area contributed by atoms with Gasteiger partial charge in [0.05, 0.1) is 155 Å². The van der Waals surface area contributed by atoms with E-state index in [1.54, 1.807) is 155 Å². The number of rotatable bonds is 30. The third-order valence-corrected chi connectivity index (χ3v) is 29.8. The van der Waals surface area contributed by atoms with Crippen LogP contribution in [0.2, 0.25) is 0 Å². The van der Waals surface area contributed by atoms with E-state index in [0.717, 1.165) is 54.9 Å². The molecule has 129 heavy (non-hydrogen) atoms. The number of carboxylic acid groups (broad SMARTS) is 1. The molecular weight excluding hydrogens is 1810 g/mol. The molecule has 1 saturated heterocycles. The van der Waals surface area contributed by atoms with Crippen molar-refractivity contribution < 1.29 is 176 Å². The Balaban J connectivity index is 0.000000287. The molecule has 13 rings (SSSR count). The van der Waals surface area contributed by atoms with Crippen molar-refractivity contribution in [3.63, 3.8) is 0 Å². The molecule has 2 N–H and O–H groups in total. The maximum atomic E-state index is 14.3. The predicted octanol–water partition coefficient (Wildman–Crippen LogP) is 6.97. The average molecular weight is 1910 g/mol. The Morgan fingerprint density at radius 1 is 0.419 bits per heavy atom. The topological polar surface area (TPSA) is 441 Å². The number of ether oxygens (including phenoxy) is 12. The van der Waals surface area contributed by atoms with Gasteiger partial charge in [0.2, 0.25) is 10.3 Å². The zero-order chi connectivity index (χ0) is 92.1. The Hall–Kier alpha value is -9.79. The van der Waals surface area contributed by atoms with Crippen LogP contribution in [0, 0.1) is 83.1 Å². The minimum absolute atomic E-state index is 0. The number of esters is 2. The van der Waals surface area contributed by atoms with Crippen LogP contribution in [0.25, 0.3) is 33.1 Å². The number of carboxylic acids is 1. The summed E-state index contributed by atoms with van der Waals surface area (Å²) < 4.78 is 180. The normalized spacial score (nSPS) is 12.2. The van der Waals surface area contributed by atoms with E-state index in [1.807, 2.05) is 34.6 Å². The molecule has 12 aromatic rings. The van der Waals surface area contributed by atoms with Crippen molar-refractivity contribution >= 4 is 114 Å². The third-order valence-electron chi connectivity index (χ3n) is 20.1. The Morgan fingerprint density at radius 2 is 0.721 bits per heavy atom. The van der Waals surface area contributed by atoms with Gasteiger partial charge in [0.25, 0.3) is 30.1 Å². The molecule has 6 aromatic carbocycles. The van der Waals surface area contributed by atoms with Crippen LogP contribution in [0.5, 0.6) is 51.7 Å². The number of carbonyl (C=O) groups excluding carboxylic acids is 2. The number of carbonyl (C=O) groups is 3. The van der Waals surface area contributed by atoms with Gasteiger partial charge in [-0.1, -0.05) is 11.8 Å². The van der Waals surface area contributed by atoms with Crippen LogP contribution in [0.1, 0.15) is 98.1 Å². The number of aromatic nitrogens is 9. The first-order valence-corrected chi connectivity index (χ1v) is 46.8. The second kappa shape index (κ2) is 46.3. The van der Waals surface area contributed by atoms with Crippen molar-refractivity contribution in [2.75, 3.05) is 89.9 Å². The van der Waals surface area contributed by atoms with E-state index < -0.39 is 76.2 Å². The first-order valence-electron chi connectivity index (χ1n) is 38.8. The number of hydrogen-bond donors (Lipinski definition) is 1. The molecule has 682 valence electrons. The van der Waals surface area contributed by atoms with Crippen LogP contribution < -0.4 is 102 Å². The van der Waals surface area contributed by atoms with Crippen molar-refractivity contribution in [3.05, 3.63) is 193 Å². The summed E-state index contributed by atoms with van der Waals surface area (Å²) in [4.78, 5) is 61.1. The number of imidazole rings is 3. The number of benzene rings is 6. The second-order valence-electron chi connectivity index (χ2n) is 28.9. The first kappa shape index (κ1) is 106. The van der Waals surface area contributed by atoms with Gasteiger partial charge < -0.3 is 68.9 Å². The van der Waals surface area contributed by atoms with Crippen molar-refractivity contribution in [1.82, 2.24) is 41.8 Å². The van der Waals surface area contributed by atoms with Crippen molar-refractivity contribution in [1.29, 1.82) is 0 Å². The fourth-order valence-corrected chi connectivity index (χ4v) is 24.3. The molecule has 42 heteroatoms. The van der Waals surface area contributed by atoms with Crippen LogP contribution in [-0.2, 0) is 97.5 Å². The van der Waals surface area contributed by atoms with Crippen LogP contribution in [-0.4, -0.2) is 194 Å². The number of thioether (sulfide) groups is 1. The largest absolute Gasteiger partial charge is 1.00 e. The molecule has 1 aliphatic heterocycles. The number of aliphatic carboxylic acids is 1. The van der Waals surface area contributed by atoms with Gasteiger partial charge in [-0.05, 0) is 202 Å². The Kier molecular flexibility index (Phi) is 38.2. The fraction of sp³-hybridized carbons (Fsp3) is 0.345. The van der Waals surface area contributed by atoms with Crippen LogP contribution in [0.4, 0.5) is 0 Å². The molecule has 0 radical (unpaired) electrons. The first-order chi connectivity index (χ1) is 59.8. The Labute approximate surface area is 803 Å². The Bertz CT molecular complexity index is 6510. The van der Waals surface area contributed by atoms with Gasteiger partial charge in [-0.15, -0.1) is 0 Å². The molecule has 1 fully saturated rings. The summed E-state index contributed by atoms with van der Waals surface area (Å²) in [5, 5.41) is 8.89. The van der Waals surface area contributed by atoms with E-state index in [0.29, 0.717) is 118 Å². The van der Waals surface area contributed by atoms with Crippen LogP contribution >= 0.6 is 11.8 Å². The van der Waals surface area contributed by atoms with Gasteiger partial charge in [0.15, 0.2) is 25.0 Å². The number of pyridine rings is 3. The summed E-state index contributed by atoms with van der Waals surface area (Å²) in [7, 11) is -4.92. The van der Waals surface area contributed by atoms with Gasteiger partial charge in [0.1, 0.15) is 51.7 Å². The van der Waals surface area contributed by atoms with E-state index in [9.17, 15) is 48.1 Å². The minimum atomic E-state index is -4.35. The zero-order valence-corrected chi connectivity index (χ0v) is 84.6. The second-order valence-corrected chi connectivity index (χ2v) is 37.7. The molecule has 34 nitrogen and oxygen atoms in total. The number of nitrogens with zero attached hydrogens (tertiary/aromatic N) is 9. The number of fused-ring (bicyclic) bond motifs is 3. The molecule has 1 aliphatic rings. The van der Waals surface area contributed by atoms with Gasteiger partial charge in [-0.2, -0.15) is 0 Å². The Morgan fingerprint density at radius 3 is 1.02 bits per heavy atom. The van der Waals surface area contributed by atoms with Gasteiger partial charge in [-0.3, -0.25) is 23.4 Å². The summed E-state index contributed by atoms with van der Waals surface area (Å²) in [5.74, 6) is 2.29. The molecule has 0 spiro atoms. The standard InChI is InChI=1S/C28H31N3O8S2.C28H31N3O7S2.C27H29N3O8S2.C4H8O.2Na.H2O.H/c1-16-10-21(39-14-25(32)37-6)11-17(2)27(16)41(34,35)31-24-9-8-20(36-5)12-22(24)30-28(31)40(33)15-23-19(4)26(38-7)18(3)13-29-23;1-16-10-21(38-14-25(32)36-6)11-17(2)27(16)40(33,34)31-24-9-8-20(35-5)12-22(24)30-28(31)39-15-23-19(4)26(37-7)18(3)13-29-23;1-15-9-20(38-13-24(31)32)10-16(2)26(15)40(34,35)30-23-8-7-19(36-5)11-21(23)29-27(30)39(33)14-22-18(4)25(37-6)17(3)12-28-22;1-2-4-5-3-1;;;;/h8-13H,14-15H2,1-7H3;8-13H,14-15H2,1-7H3;7-12H,13-14H2,1-6H3,(H,31,32);1-4H2;;;1H2;/q;;;;2*+1;;-1/p-1.